The molecule has 0 saturated heterocycles. The van der Waals surface area contributed by atoms with E-state index in [1.54, 1.807) is 12.1 Å². The molecule has 0 aromatic heterocycles. The minimum Gasteiger partial charge on any atom is -0.482 e. The zero-order chi connectivity index (χ0) is 18.9. The standard InChI is InChI=1S/C20H21F5O/c21-10-4-2-1-3-5-14-6-8-15(9-7-14)16-11-17(22)20(18(23)12-16)26-13-19(24)25/h6-9,11-12,19H,1-5,10,13H2. The van der Waals surface area contributed by atoms with Crippen molar-refractivity contribution in [2.45, 2.75) is 38.5 Å². The molecular weight excluding hydrogens is 351 g/mol. The molecule has 0 atom stereocenters. The Morgan fingerprint density at radius 3 is 2.00 bits per heavy atom. The average Bonchev–Trinajstić information content (AvgIpc) is 2.61. The van der Waals surface area contributed by atoms with Crippen LogP contribution >= 0.6 is 0 Å². The van der Waals surface area contributed by atoms with Gasteiger partial charge < -0.3 is 4.74 Å². The van der Waals surface area contributed by atoms with Crippen LogP contribution in [0.3, 0.4) is 0 Å². The molecule has 0 aliphatic heterocycles. The molecule has 0 unspecified atom stereocenters. The molecule has 0 bridgehead atoms. The van der Waals surface area contributed by atoms with E-state index < -0.39 is 30.4 Å². The molecule has 1 nitrogen and oxygen atoms in total. The normalized spacial score (nSPS) is 11.2. The molecule has 2 rings (SSSR count). The topological polar surface area (TPSA) is 9.23 Å². The van der Waals surface area contributed by atoms with Crippen LogP contribution in [-0.4, -0.2) is 19.7 Å². The van der Waals surface area contributed by atoms with Gasteiger partial charge in [-0.1, -0.05) is 37.1 Å². The van der Waals surface area contributed by atoms with Crippen LogP contribution in [0.2, 0.25) is 0 Å². The summed E-state index contributed by atoms with van der Waals surface area (Å²) in [6, 6.07) is 9.39. The Hall–Kier alpha value is -2.11. The smallest absolute Gasteiger partial charge is 0.272 e. The maximum atomic E-state index is 14.0. The average molecular weight is 372 g/mol. The van der Waals surface area contributed by atoms with Gasteiger partial charge in [-0.3, -0.25) is 4.39 Å². The zero-order valence-corrected chi connectivity index (χ0v) is 14.3. The third-order valence-corrected chi connectivity index (χ3v) is 3.99. The van der Waals surface area contributed by atoms with E-state index >= 15 is 0 Å². The maximum Gasteiger partial charge on any atom is 0.272 e. The minimum absolute atomic E-state index is 0.284. The predicted molar refractivity (Wildman–Crippen MR) is 91.4 cm³/mol. The minimum atomic E-state index is -2.81. The molecule has 26 heavy (non-hydrogen) atoms. The second-order valence-electron chi connectivity index (χ2n) is 6.02. The van der Waals surface area contributed by atoms with Gasteiger partial charge in [0.15, 0.2) is 17.4 Å². The number of ether oxygens (including phenoxy) is 1. The van der Waals surface area contributed by atoms with Crippen molar-refractivity contribution in [3.05, 3.63) is 53.6 Å². The van der Waals surface area contributed by atoms with Gasteiger partial charge in [0.1, 0.15) is 6.61 Å². The number of rotatable bonds is 10. The summed E-state index contributed by atoms with van der Waals surface area (Å²) in [6.45, 7) is -1.35. The van der Waals surface area contributed by atoms with Crippen molar-refractivity contribution in [3.63, 3.8) is 0 Å². The third-order valence-electron chi connectivity index (χ3n) is 3.99. The highest BCUT2D eigenvalue weighted by molar-refractivity contribution is 5.65. The first-order valence-corrected chi connectivity index (χ1v) is 8.56. The number of aryl methyl sites for hydroxylation is 1. The number of hydrogen-bond donors (Lipinski definition) is 0. The lowest BCUT2D eigenvalue weighted by Crippen LogP contribution is -2.09. The maximum absolute atomic E-state index is 14.0. The van der Waals surface area contributed by atoms with Gasteiger partial charge in [-0.2, -0.15) is 0 Å². The second-order valence-corrected chi connectivity index (χ2v) is 6.02. The van der Waals surface area contributed by atoms with E-state index in [0.717, 1.165) is 43.4 Å². The van der Waals surface area contributed by atoms with E-state index in [4.69, 9.17) is 0 Å². The summed E-state index contributed by atoms with van der Waals surface area (Å²) in [5, 5.41) is 0. The number of unbranched alkanes of at least 4 members (excludes halogenated alkanes) is 3. The van der Waals surface area contributed by atoms with E-state index in [-0.39, 0.29) is 6.67 Å². The number of hydrogen-bond acceptors (Lipinski definition) is 1. The largest absolute Gasteiger partial charge is 0.482 e. The molecule has 0 fully saturated rings. The molecule has 142 valence electrons. The molecule has 0 radical (unpaired) electrons. The van der Waals surface area contributed by atoms with Crippen LogP contribution in [0.15, 0.2) is 36.4 Å². The van der Waals surface area contributed by atoms with Crippen molar-refractivity contribution in [1.82, 2.24) is 0 Å². The monoisotopic (exact) mass is 372 g/mol. The highest BCUT2D eigenvalue weighted by Crippen LogP contribution is 2.29. The Kier molecular flexibility index (Phi) is 7.88. The van der Waals surface area contributed by atoms with Gasteiger partial charge in [0, 0.05) is 0 Å². The van der Waals surface area contributed by atoms with Crippen molar-refractivity contribution in [2.75, 3.05) is 13.3 Å². The first kappa shape index (κ1) is 20.2. The van der Waals surface area contributed by atoms with Crippen molar-refractivity contribution in [1.29, 1.82) is 0 Å². The van der Waals surface area contributed by atoms with Crippen molar-refractivity contribution in [2.24, 2.45) is 0 Å². The summed E-state index contributed by atoms with van der Waals surface area (Å²) >= 11 is 0. The molecule has 0 N–H and O–H groups in total. The lowest BCUT2D eigenvalue weighted by Gasteiger charge is -2.10. The van der Waals surface area contributed by atoms with Crippen molar-refractivity contribution < 1.29 is 26.7 Å². The SMILES string of the molecule is FCCCCCCc1ccc(-c2cc(F)c(OCC(F)F)c(F)c2)cc1. The number of halogens is 5. The molecule has 0 aliphatic carbocycles. The molecular formula is C20H21F5O. The third kappa shape index (κ3) is 6.00. The van der Waals surface area contributed by atoms with Crippen LogP contribution in [0.5, 0.6) is 5.75 Å². The fraction of sp³-hybridized carbons (Fsp3) is 0.400. The first-order chi connectivity index (χ1) is 12.5. The number of benzene rings is 2. The van der Waals surface area contributed by atoms with Crippen LogP contribution < -0.4 is 4.74 Å². The van der Waals surface area contributed by atoms with Gasteiger partial charge in [0.25, 0.3) is 6.43 Å². The molecule has 0 aliphatic rings. The summed E-state index contributed by atoms with van der Waals surface area (Å²) in [6.07, 6.45) is 1.43. The molecule has 0 saturated carbocycles. The van der Waals surface area contributed by atoms with Gasteiger partial charge in [0.2, 0.25) is 0 Å². The van der Waals surface area contributed by atoms with E-state index in [2.05, 4.69) is 4.74 Å². The Bertz CT molecular complexity index is 662. The van der Waals surface area contributed by atoms with Crippen molar-refractivity contribution >= 4 is 0 Å². The summed E-state index contributed by atoms with van der Waals surface area (Å²) in [4.78, 5) is 0. The Morgan fingerprint density at radius 1 is 0.808 bits per heavy atom. The molecule has 0 spiro atoms. The first-order valence-electron chi connectivity index (χ1n) is 8.56. The summed E-state index contributed by atoms with van der Waals surface area (Å²) in [5.41, 5.74) is 2.01. The van der Waals surface area contributed by atoms with E-state index in [1.165, 1.54) is 0 Å². The lowest BCUT2D eigenvalue weighted by molar-refractivity contribution is 0.0777. The van der Waals surface area contributed by atoms with Gasteiger partial charge in [0.05, 0.1) is 6.67 Å². The van der Waals surface area contributed by atoms with E-state index in [1.807, 2.05) is 12.1 Å². The Balaban J connectivity index is 2.02. The van der Waals surface area contributed by atoms with Gasteiger partial charge in [-0.15, -0.1) is 0 Å². The van der Waals surface area contributed by atoms with Crippen molar-refractivity contribution in [3.8, 4) is 16.9 Å². The van der Waals surface area contributed by atoms with Gasteiger partial charge in [-0.25, -0.2) is 17.6 Å². The highest BCUT2D eigenvalue weighted by atomic mass is 19.3. The van der Waals surface area contributed by atoms with Crippen LogP contribution in [0.25, 0.3) is 11.1 Å². The Morgan fingerprint density at radius 2 is 1.42 bits per heavy atom. The van der Waals surface area contributed by atoms with Gasteiger partial charge in [-0.05, 0) is 48.1 Å². The molecule has 0 amide bonds. The molecule has 2 aromatic rings. The van der Waals surface area contributed by atoms with E-state index in [9.17, 15) is 22.0 Å². The Labute approximate surface area is 149 Å². The quantitative estimate of drug-likeness (QED) is 0.349. The fourth-order valence-corrected chi connectivity index (χ4v) is 2.65. The summed E-state index contributed by atoms with van der Waals surface area (Å²) < 4.78 is 68.7. The molecule has 2 aromatic carbocycles. The van der Waals surface area contributed by atoms with Crippen LogP contribution in [-0.2, 0) is 6.42 Å². The predicted octanol–water partition coefficient (Wildman–Crippen LogP) is 6.35. The fourth-order valence-electron chi connectivity index (χ4n) is 2.65. The zero-order valence-electron chi connectivity index (χ0n) is 14.3. The second kappa shape index (κ2) is 10.1. The summed E-state index contributed by atoms with van der Waals surface area (Å²) in [5.74, 6) is -2.82. The van der Waals surface area contributed by atoms with Crippen LogP contribution in [0.1, 0.15) is 31.2 Å². The highest BCUT2D eigenvalue weighted by Gasteiger charge is 2.15. The summed E-state index contributed by atoms with van der Waals surface area (Å²) in [7, 11) is 0. The van der Waals surface area contributed by atoms with E-state index in [0.29, 0.717) is 17.5 Å². The number of alkyl halides is 3. The van der Waals surface area contributed by atoms with Crippen LogP contribution in [0, 0.1) is 11.6 Å². The van der Waals surface area contributed by atoms with Crippen LogP contribution in [0.4, 0.5) is 22.0 Å². The molecule has 0 heterocycles. The lowest BCUT2D eigenvalue weighted by atomic mass is 10.0. The van der Waals surface area contributed by atoms with Gasteiger partial charge >= 0.3 is 0 Å². The molecule has 6 heteroatoms.